The Bertz CT molecular complexity index is 862. The van der Waals surface area contributed by atoms with Crippen molar-refractivity contribution < 1.29 is 26.5 Å². The van der Waals surface area contributed by atoms with Crippen LogP contribution in [0.1, 0.15) is 23.5 Å². The number of ether oxygens (including phenoxy) is 1. The van der Waals surface area contributed by atoms with Gasteiger partial charge in [0.05, 0.1) is 5.56 Å². The number of carbonyl (C=O) groups is 1. The summed E-state index contributed by atoms with van der Waals surface area (Å²) in [7, 11) is 0. The van der Waals surface area contributed by atoms with Crippen LogP contribution in [0, 0.1) is 0 Å². The topological polar surface area (TPSA) is 30.2 Å². The van der Waals surface area contributed by atoms with E-state index in [1.807, 2.05) is 72.4 Å². The molecule has 0 aliphatic heterocycles. The van der Waals surface area contributed by atoms with Gasteiger partial charge in [-0.3, -0.25) is 0 Å². The minimum atomic E-state index is -0.544. The number of nitrogens with zero attached hydrogens (tertiary/aromatic N) is 1. The van der Waals surface area contributed by atoms with Gasteiger partial charge in [-0.25, -0.2) is 4.79 Å². The van der Waals surface area contributed by atoms with Crippen molar-refractivity contribution in [1.82, 2.24) is 0 Å². The van der Waals surface area contributed by atoms with Gasteiger partial charge in [-0.1, -0.05) is 55.1 Å². The van der Waals surface area contributed by atoms with E-state index in [9.17, 15) is 4.79 Å². The fraction of sp³-hybridized carbons (Fsp3) is 0.0909. The monoisotopic (exact) mass is 365 g/mol. The van der Waals surface area contributed by atoms with Gasteiger partial charge in [0.2, 0.25) is 0 Å². The molecule has 3 rings (SSSR count). The summed E-state index contributed by atoms with van der Waals surface area (Å²) >= 11 is 0. The van der Waals surface area contributed by atoms with Crippen molar-refractivity contribution in [3.05, 3.63) is 103 Å². The summed E-state index contributed by atoms with van der Waals surface area (Å²) in [6, 6.07) is 23.1. The zero-order valence-electron chi connectivity index (χ0n) is 14.5. The molecule has 3 nitrogen and oxygen atoms in total. The van der Waals surface area contributed by atoms with Crippen LogP contribution >= 0.6 is 0 Å². The maximum absolute atomic E-state index is 12.3. The SMILES string of the molecule is C=C(C)C(OC(=O)c1ccccc1)[n+]1ccc(-c2ccccc2)cc1.[Cl-]. The molecule has 1 heterocycles. The minimum Gasteiger partial charge on any atom is -1.00 e. The summed E-state index contributed by atoms with van der Waals surface area (Å²) < 4.78 is 7.50. The third kappa shape index (κ3) is 4.58. The molecule has 0 aliphatic carbocycles. The van der Waals surface area contributed by atoms with Crippen molar-refractivity contribution in [2.45, 2.75) is 13.2 Å². The summed E-state index contributed by atoms with van der Waals surface area (Å²) in [6.45, 7) is 5.81. The first-order valence-corrected chi connectivity index (χ1v) is 8.13. The van der Waals surface area contributed by atoms with Crippen molar-refractivity contribution >= 4 is 5.97 Å². The van der Waals surface area contributed by atoms with Gasteiger partial charge in [-0.2, -0.15) is 4.57 Å². The lowest BCUT2D eigenvalue weighted by Crippen LogP contribution is -3.00. The smallest absolute Gasteiger partial charge is 0.343 e. The molecule has 1 unspecified atom stereocenters. The van der Waals surface area contributed by atoms with E-state index in [1.54, 1.807) is 12.1 Å². The summed E-state index contributed by atoms with van der Waals surface area (Å²) in [5.41, 5.74) is 3.52. The molecule has 0 fully saturated rings. The summed E-state index contributed by atoms with van der Waals surface area (Å²) in [5, 5.41) is 0. The number of esters is 1. The molecule has 2 aromatic carbocycles. The normalized spacial score (nSPS) is 11.1. The number of benzene rings is 2. The zero-order chi connectivity index (χ0) is 17.6. The second-order valence-corrected chi connectivity index (χ2v) is 5.87. The van der Waals surface area contributed by atoms with E-state index in [1.165, 1.54) is 0 Å². The molecular formula is C22H20ClNO2. The fourth-order valence-electron chi connectivity index (χ4n) is 2.58. The lowest BCUT2D eigenvalue weighted by Gasteiger charge is -2.13. The van der Waals surface area contributed by atoms with Gasteiger partial charge in [0.15, 0.2) is 12.4 Å². The predicted octanol–water partition coefficient (Wildman–Crippen LogP) is 1.58. The quantitative estimate of drug-likeness (QED) is 0.390. The van der Waals surface area contributed by atoms with Crippen molar-refractivity contribution in [2.24, 2.45) is 0 Å². The Morgan fingerprint density at radius 2 is 1.38 bits per heavy atom. The molecule has 0 amide bonds. The molecule has 0 saturated carbocycles. The van der Waals surface area contributed by atoms with Gasteiger partial charge in [-0.15, -0.1) is 0 Å². The highest BCUT2D eigenvalue weighted by molar-refractivity contribution is 5.89. The highest BCUT2D eigenvalue weighted by Gasteiger charge is 2.24. The molecule has 1 atom stereocenters. The van der Waals surface area contributed by atoms with E-state index in [0.717, 1.165) is 16.7 Å². The Labute approximate surface area is 160 Å². The van der Waals surface area contributed by atoms with E-state index >= 15 is 0 Å². The average molecular weight is 366 g/mol. The first kappa shape index (κ1) is 19.4. The van der Waals surface area contributed by atoms with E-state index in [4.69, 9.17) is 4.74 Å². The van der Waals surface area contributed by atoms with E-state index < -0.39 is 6.23 Å². The maximum atomic E-state index is 12.3. The van der Waals surface area contributed by atoms with Crippen LogP contribution in [0.4, 0.5) is 0 Å². The van der Waals surface area contributed by atoms with Crippen molar-refractivity contribution in [1.29, 1.82) is 0 Å². The van der Waals surface area contributed by atoms with Crippen LogP contribution in [0.2, 0.25) is 0 Å². The molecule has 0 bridgehead atoms. The number of carbonyl (C=O) groups excluding carboxylic acids is 1. The average Bonchev–Trinajstić information content (AvgIpc) is 2.67. The largest absolute Gasteiger partial charge is 1.00 e. The number of rotatable bonds is 5. The van der Waals surface area contributed by atoms with Gasteiger partial charge in [0.1, 0.15) is 0 Å². The van der Waals surface area contributed by atoms with Crippen LogP contribution < -0.4 is 17.0 Å². The minimum absolute atomic E-state index is 0. The van der Waals surface area contributed by atoms with Crippen LogP contribution in [-0.2, 0) is 4.74 Å². The number of hydrogen-bond donors (Lipinski definition) is 0. The highest BCUT2D eigenvalue weighted by atomic mass is 35.5. The number of halogens is 1. The summed E-state index contributed by atoms with van der Waals surface area (Å²) in [6.07, 6.45) is 3.26. The number of hydrogen-bond acceptors (Lipinski definition) is 2. The van der Waals surface area contributed by atoms with E-state index in [2.05, 4.69) is 18.7 Å². The maximum Gasteiger partial charge on any atom is 0.343 e. The van der Waals surface area contributed by atoms with Crippen LogP contribution in [0.3, 0.4) is 0 Å². The second-order valence-electron chi connectivity index (χ2n) is 5.87. The molecule has 4 heteroatoms. The first-order chi connectivity index (χ1) is 12.1. The Morgan fingerprint density at radius 1 is 0.885 bits per heavy atom. The molecule has 0 aliphatic rings. The first-order valence-electron chi connectivity index (χ1n) is 8.13. The molecule has 132 valence electrons. The van der Waals surface area contributed by atoms with Gasteiger partial charge in [-0.05, 0) is 30.2 Å². The molecule has 0 radical (unpaired) electrons. The molecule has 0 spiro atoms. The Morgan fingerprint density at radius 3 is 1.92 bits per heavy atom. The standard InChI is InChI=1S/C22H20NO2.ClH/c1-17(2)21(25-22(24)20-11-7-4-8-12-20)23-15-13-19(14-16-23)18-9-5-3-6-10-18;/h3-16,21H,1H2,2H3;1H/q+1;/p-1. The van der Waals surface area contributed by atoms with Crippen LogP contribution in [0.5, 0.6) is 0 Å². The Balaban J connectivity index is 0.00000243. The van der Waals surface area contributed by atoms with Crippen molar-refractivity contribution in [2.75, 3.05) is 0 Å². The highest BCUT2D eigenvalue weighted by Crippen LogP contribution is 2.19. The van der Waals surface area contributed by atoms with Crippen LogP contribution in [0.25, 0.3) is 11.1 Å². The van der Waals surface area contributed by atoms with Crippen LogP contribution in [-0.4, -0.2) is 5.97 Å². The molecular weight excluding hydrogens is 346 g/mol. The lowest BCUT2D eigenvalue weighted by atomic mass is 10.1. The van der Waals surface area contributed by atoms with Gasteiger partial charge >= 0.3 is 12.2 Å². The molecule has 1 aromatic heterocycles. The number of pyridine rings is 1. The molecule has 26 heavy (non-hydrogen) atoms. The second kappa shape index (κ2) is 8.97. The van der Waals surface area contributed by atoms with Crippen molar-refractivity contribution in [3.8, 4) is 11.1 Å². The molecule has 0 saturated heterocycles. The predicted molar refractivity (Wildman–Crippen MR) is 97.8 cm³/mol. The third-order valence-electron chi connectivity index (χ3n) is 3.88. The van der Waals surface area contributed by atoms with Crippen LogP contribution in [0.15, 0.2) is 97.3 Å². The van der Waals surface area contributed by atoms with E-state index in [0.29, 0.717) is 5.56 Å². The molecule has 0 N–H and O–H groups in total. The zero-order valence-corrected chi connectivity index (χ0v) is 15.3. The Hall–Kier alpha value is -2.91. The van der Waals surface area contributed by atoms with Gasteiger partial charge in [0.25, 0.3) is 0 Å². The lowest BCUT2D eigenvalue weighted by molar-refractivity contribution is -0.746. The molecule has 3 aromatic rings. The summed E-state index contributed by atoms with van der Waals surface area (Å²) in [5.74, 6) is -0.367. The number of aromatic nitrogens is 1. The fourth-order valence-corrected chi connectivity index (χ4v) is 2.58. The van der Waals surface area contributed by atoms with Crippen molar-refractivity contribution in [3.63, 3.8) is 0 Å². The van der Waals surface area contributed by atoms with Gasteiger partial charge < -0.3 is 17.1 Å². The summed E-state index contributed by atoms with van der Waals surface area (Å²) in [4.78, 5) is 12.3. The third-order valence-corrected chi connectivity index (χ3v) is 3.88. The van der Waals surface area contributed by atoms with Gasteiger partial charge in [0, 0.05) is 17.7 Å². The Kier molecular flexibility index (Phi) is 6.70. The van der Waals surface area contributed by atoms with E-state index in [-0.39, 0.29) is 18.4 Å².